The molecule has 0 radical (unpaired) electrons. The molecule has 2 aromatic rings. The van der Waals surface area contributed by atoms with Gasteiger partial charge >= 0.3 is 5.97 Å². The van der Waals surface area contributed by atoms with E-state index in [0.717, 1.165) is 0 Å². The first-order chi connectivity index (χ1) is 13.3. The van der Waals surface area contributed by atoms with Gasteiger partial charge < -0.3 is 14.9 Å². The van der Waals surface area contributed by atoms with Crippen LogP contribution in [-0.2, 0) is 19.2 Å². The van der Waals surface area contributed by atoms with Crippen LogP contribution < -0.4 is 5.32 Å². The first-order valence-electron chi connectivity index (χ1n) is 8.29. The summed E-state index contributed by atoms with van der Waals surface area (Å²) in [5, 5.41) is 6.82. The van der Waals surface area contributed by atoms with Crippen LogP contribution in [0.3, 0.4) is 0 Å². The fraction of sp³-hybridized carbons (Fsp3) is 0.211. The Balaban J connectivity index is 1.56. The quantitative estimate of drug-likeness (QED) is 0.729. The zero-order valence-electron chi connectivity index (χ0n) is 14.6. The van der Waals surface area contributed by atoms with Crippen molar-refractivity contribution >= 4 is 46.5 Å². The van der Waals surface area contributed by atoms with Crippen LogP contribution in [0.5, 0.6) is 0 Å². The normalized spacial score (nSPS) is 16.7. The Labute approximate surface area is 170 Å². The standard InChI is InChI=1S/C19H15Cl2FN2O4/c1-10(18(25)23-14-7-3-6-13(20)17(14)21)27-19(26)16-9-15(24-28-16)11-4-2-5-12(22)8-11/h2-8,10,16H,9H2,1H3,(H,23,25). The number of esters is 1. The minimum Gasteiger partial charge on any atom is -0.450 e. The lowest BCUT2D eigenvalue weighted by atomic mass is 10.1. The first kappa shape index (κ1) is 20.1. The molecule has 146 valence electrons. The molecular formula is C19H15Cl2FN2O4. The summed E-state index contributed by atoms with van der Waals surface area (Å²) >= 11 is 11.9. The zero-order chi connectivity index (χ0) is 20.3. The highest BCUT2D eigenvalue weighted by Gasteiger charge is 2.32. The van der Waals surface area contributed by atoms with Crippen molar-refractivity contribution in [2.24, 2.45) is 5.16 Å². The van der Waals surface area contributed by atoms with E-state index in [9.17, 15) is 14.0 Å². The predicted octanol–water partition coefficient (Wildman–Crippen LogP) is 4.20. The highest BCUT2D eigenvalue weighted by Crippen LogP contribution is 2.29. The second kappa shape index (κ2) is 8.58. The average molecular weight is 425 g/mol. The number of hydrogen-bond donors (Lipinski definition) is 1. The van der Waals surface area contributed by atoms with Gasteiger partial charge in [-0.05, 0) is 31.2 Å². The molecule has 0 saturated carbocycles. The van der Waals surface area contributed by atoms with Gasteiger partial charge in [-0.25, -0.2) is 9.18 Å². The van der Waals surface area contributed by atoms with Crippen molar-refractivity contribution < 1.29 is 23.6 Å². The maximum absolute atomic E-state index is 13.3. The summed E-state index contributed by atoms with van der Waals surface area (Å²) in [7, 11) is 0. The van der Waals surface area contributed by atoms with Gasteiger partial charge in [0.1, 0.15) is 5.82 Å². The molecule has 2 unspecified atom stereocenters. The third-order valence-electron chi connectivity index (χ3n) is 3.96. The Morgan fingerprint density at radius 1 is 1.29 bits per heavy atom. The summed E-state index contributed by atoms with van der Waals surface area (Å²) in [6.45, 7) is 1.41. The zero-order valence-corrected chi connectivity index (χ0v) is 16.1. The van der Waals surface area contributed by atoms with Crippen LogP contribution in [0.15, 0.2) is 47.6 Å². The maximum Gasteiger partial charge on any atom is 0.351 e. The molecule has 3 rings (SSSR count). The number of hydrogen-bond acceptors (Lipinski definition) is 5. The smallest absolute Gasteiger partial charge is 0.351 e. The minimum atomic E-state index is -1.11. The van der Waals surface area contributed by atoms with Gasteiger partial charge in [0.2, 0.25) is 6.10 Å². The van der Waals surface area contributed by atoms with Gasteiger partial charge in [0, 0.05) is 12.0 Å². The maximum atomic E-state index is 13.3. The van der Waals surface area contributed by atoms with E-state index in [2.05, 4.69) is 10.5 Å². The number of ether oxygens (including phenoxy) is 1. The van der Waals surface area contributed by atoms with Gasteiger partial charge in [0.25, 0.3) is 5.91 Å². The van der Waals surface area contributed by atoms with Crippen LogP contribution in [0.1, 0.15) is 18.9 Å². The van der Waals surface area contributed by atoms with Crippen LogP contribution in [0.25, 0.3) is 0 Å². The number of carbonyl (C=O) groups is 2. The van der Waals surface area contributed by atoms with E-state index >= 15 is 0 Å². The fourth-order valence-electron chi connectivity index (χ4n) is 2.48. The van der Waals surface area contributed by atoms with E-state index in [1.165, 1.54) is 25.1 Å². The number of anilines is 1. The van der Waals surface area contributed by atoms with Gasteiger partial charge in [0.05, 0.1) is 21.4 Å². The summed E-state index contributed by atoms with van der Waals surface area (Å²) in [5.74, 6) is -1.76. The van der Waals surface area contributed by atoms with Crippen molar-refractivity contribution in [3.05, 3.63) is 63.9 Å². The lowest BCUT2D eigenvalue weighted by molar-refractivity contribution is -0.163. The number of nitrogens with one attached hydrogen (secondary N) is 1. The molecule has 1 N–H and O–H groups in total. The van der Waals surface area contributed by atoms with Crippen molar-refractivity contribution in [1.29, 1.82) is 0 Å². The summed E-state index contributed by atoms with van der Waals surface area (Å²) < 4.78 is 18.5. The number of halogens is 3. The lowest BCUT2D eigenvalue weighted by Crippen LogP contribution is -2.34. The Hall–Kier alpha value is -2.64. The first-order valence-corrected chi connectivity index (χ1v) is 9.04. The predicted molar refractivity (Wildman–Crippen MR) is 103 cm³/mol. The molecule has 1 heterocycles. The van der Waals surface area contributed by atoms with E-state index in [1.807, 2.05) is 0 Å². The summed E-state index contributed by atoms with van der Waals surface area (Å²) in [6.07, 6.45) is -2.01. The van der Waals surface area contributed by atoms with Crippen LogP contribution in [0.4, 0.5) is 10.1 Å². The van der Waals surface area contributed by atoms with E-state index < -0.39 is 29.9 Å². The van der Waals surface area contributed by atoms with Crippen LogP contribution in [-0.4, -0.2) is 29.8 Å². The van der Waals surface area contributed by atoms with E-state index in [0.29, 0.717) is 17.0 Å². The van der Waals surface area contributed by atoms with Crippen molar-refractivity contribution in [2.75, 3.05) is 5.32 Å². The molecule has 0 fully saturated rings. The molecule has 0 bridgehead atoms. The average Bonchev–Trinajstić information content (AvgIpc) is 3.16. The molecule has 28 heavy (non-hydrogen) atoms. The van der Waals surface area contributed by atoms with Crippen LogP contribution >= 0.6 is 23.2 Å². The Kier molecular flexibility index (Phi) is 6.16. The van der Waals surface area contributed by atoms with Gasteiger partial charge in [-0.15, -0.1) is 0 Å². The van der Waals surface area contributed by atoms with Gasteiger partial charge in [-0.2, -0.15) is 0 Å². The van der Waals surface area contributed by atoms with E-state index in [4.69, 9.17) is 32.8 Å². The van der Waals surface area contributed by atoms with E-state index in [-0.39, 0.29) is 16.5 Å². The molecule has 0 saturated heterocycles. The second-order valence-corrected chi connectivity index (χ2v) is 6.80. The molecule has 2 atom stereocenters. The number of oxime groups is 1. The van der Waals surface area contributed by atoms with Gasteiger partial charge in [-0.3, -0.25) is 4.79 Å². The molecule has 6 nitrogen and oxygen atoms in total. The third kappa shape index (κ3) is 4.61. The lowest BCUT2D eigenvalue weighted by Gasteiger charge is -2.16. The topological polar surface area (TPSA) is 77.0 Å². The summed E-state index contributed by atoms with van der Waals surface area (Å²) in [6, 6.07) is 10.6. The highest BCUT2D eigenvalue weighted by molar-refractivity contribution is 6.44. The van der Waals surface area contributed by atoms with Crippen molar-refractivity contribution in [2.45, 2.75) is 25.6 Å². The molecule has 1 amide bonds. The number of amides is 1. The Morgan fingerprint density at radius 2 is 2.04 bits per heavy atom. The van der Waals surface area contributed by atoms with Crippen LogP contribution in [0, 0.1) is 5.82 Å². The number of carbonyl (C=O) groups excluding carboxylic acids is 2. The fourth-order valence-corrected chi connectivity index (χ4v) is 2.83. The molecule has 1 aliphatic rings. The van der Waals surface area contributed by atoms with Crippen molar-refractivity contribution in [1.82, 2.24) is 0 Å². The highest BCUT2D eigenvalue weighted by atomic mass is 35.5. The van der Waals surface area contributed by atoms with Gasteiger partial charge in [0.15, 0.2) is 6.10 Å². The monoisotopic (exact) mass is 424 g/mol. The number of nitrogens with zero attached hydrogens (tertiary/aromatic N) is 1. The van der Waals surface area contributed by atoms with Crippen LogP contribution in [0.2, 0.25) is 10.0 Å². The largest absolute Gasteiger partial charge is 0.450 e. The Bertz CT molecular complexity index is 951. The molecule has 0 aromatic heterocycles. The molecule has 9 heteroatoms. The molecule has 1 aliphatic heterocycles. The van der Waals surface area contributed by atoms with Gasteiger partial charge in [-0.1, -0.05) is 46.6 Å². The molecular weight excluding hydrogens is 410 g/mol. The molecule has 2 aromatic carbocycles. The summed E-state index contributed by atoms with van der Waals surface area (Å²) in [5.41, 5.74) is 1.23. The number of benzene rings is 2. The van der Waals surface area contributed by atoms with Crippen molar-refractivity contribution in [3.8, 4) is 0 Å². The third-order valence-corrected chi connectivity index (χ3v) is 4.78. The minimum absolute atomic E-state index is 0.108. The molecule has 0 aliphatic carbocycles. The Morgan fingerprint density at radius 3 is 2.79 bits per heavy atom. The molecule has 0 spiro atoms. The van der Waals surface area contributed by atoms with E-state index in [1.54, 1.807) is 24.3 Å². The number of rotatable bonds is 5. The van der Waals surface area contributed by atoms with Crippen molar-refractivity contribution in [3.63, 3.8) is 0 Å². The SMILES string of the molecule is CC(OC(=O)C1CC(c2cccc(F)c2)=NO1)C(=O)Nc1cccc(Cl)c1Cl. The summed E-state index contributed by atoms with van der Waals surface area (Å²) in [4.78, 5) is 29.6. The second-order valence-electron chi connectivity index (χ2n) is 6.02.